The van der Waals surface area contributed by atoms with E-state index < -0.39 is 12.1 Å². The van der Waals surface area contributed by atoms with Crippen molar-refractivity contribution >= 4 is 23.4 Å². The summed E-state index contributed by atoms with van der Waals surface area (Å²) in [4.78, 5) is 31.6. The Kier molecular flexibility index (Phi) is 11.3. The van der Waals surface area contributed by atoms with Gasteiger partial charge in [-0.05, 0) is 44.0 Å². The van der Waals surface area contributed by atoms with Gasteiger partial charge in [0.25, 0.3) is 0 Å². The quantitative estimate of drug-likeness (QED) is 0.296. The first-order valence-corrected chi connectivity index (χ1v) is 9.86. The first kappa shape index (κ1) is 24.9. The lowest BCUT2D eigenvalue weighted by Gasteiger charge is -2.31. The van der Waals surface area contributed by atoms with Crippen LogP contribution in [0, 0.1) is 0 Å². The van der Waals surface area contributed by atoms with Crippen LogP contribution in [0.4, 0.5) is 0 Å². The van der Waals surface area contributed by atoms with Crippen LogP contribution in [0.15, 0.2) is 36.1 Å². The van der Waals surface area contributed by atoms with Crippen LogP contribution < -0.4 is 11.2 Å². The maximum absolute atomic E-state index is 12.8. The highest BCUT2D eigenvalue weighted by molar-refractivity contribution is 6.30. The summed E-state index contributed by atoms with van der Waals surface area (Å²) in [7, 11) is 0. The van der Waals surface area contributed by atoms with Crippen molar-refractivity contribution in [2.75, 3.05) is 13.2 Å². The van der Waals surface area contributed by atoms with Gasteiger partial charge in [-0.1, -0.05) is 23.7 Å². The number of carbonyl (C=O) groups is 2. The molecule has 0 aliphatic rings. The molecular weight excluding hydrogens is 398 g/mol. The molecule has 0 saturated heterocycles. The van der Waals surface area contributed by atoms with Crippen molar-refractivity contribution in [2.24, 2.45) is 5.90 Å². The van der Waals surface area contributed by atoms with E-state index in [1.165, 1.54) is 11.0 Å². The van der Waals surface area contributed by atoms with Crippen molar-refractivity contribution in [3.63, 3.8) is 0 Å². The van der Waals surface area contributed by atoms with E-state index >= 15 is 0 Å². The van der Waals surface area contributed by atoms with Gasteiger partial charge in [-0.3, -0.25) is 9.59 Å². The van der Waals surface area contributed by atoms with Gasteiger partial charge in [0, 0.05) is 31.1 Å². The second-order valence-electron chi connectivity index (χ2n) is 6.60. The number of aliphatic hydroxyl groups excluding tert-OH is 2. The third-order valence-electron chi connectivity index (χ3n) is 4.26. The van der Waals surface area contributed by atoms with Crippen LogP contribution in [0.3, 0.4) is 0 Å². The lowest BCUT2D eigenvalue weighted by molar-refractivity contribution is -0.141. The molecule has 8 nitrogen and oxygen atoms in total. The molecule has 1 rings (SSSR count). The Bertz CT molecular complexity index is 679. The Labute approximate surface area is 176 Å². The number of nitrogens with zero attached hydrogens (tertiary/aromatic N) is 1. The summed E-state index contributed by atoms with van der Waals surface area (Å²) >= 11 is 5.87. The second-order valence-corrected chi connectivity index (χ2v) is 7.04. The molecule has 0 aliphatic carbocycles. The summed E-state index contributed by atoms with van der Waals surface area (Å²) in [5.74, 6) is 4.67. The fourth-order valence-corrected chi connectivity index (χ4v) is 2.94. The first-order chi connectivity index (χ1) is 13.8. The zero-order chi connectivity index (χ0) is 21.8. The molecule has 0 heterocycles. The minimum atomic E-state index is -0.850. The summed E-state index contributed by atoms with van der Waals surface area (Å²) in [6.07, 6.45) is 0.982. The normalized spacial score (nSPS) is 13.5. The largest absolute Gasteiger partial charge is 0.416 e. The van der Waals surface area contributed by atoms with E-state index in [0.717, 1.165) is 5.56 Å². The smallest absolute Gasteiger partial charge is 0.243 e. The molecular formula is C20H30ClN3O5. The van der Waals surface area contributed by atoms with Crippen molar-refractivity contribution in [2.45, 2.75) is 51.8 Å². The molecule has 1 unspecified atom stereocenters. The molecule has 0 fully saturated rings. The lowest BCUT2D eigenvalue weighted by atomic mass is 10.1. The summed E-state index contributed by atoms with van der Waals surface area (Å²) in [6.45, 7) is 3.75. The molecule has 162 valence electrons. The molecule has 29 heavy (non-hydrogen) atoms. The van der Waals surface area contributed by atoms with Gasteiger partial charge in [0.15, 0.2) is 0 Å². The number of likely N-dealkylation sites (N-methyl/N-ethyl adjacent to an activating group) is 1. The predicted molar refractivity (Wildman–Crippen MR) is 110 cm³/mol. The van der Waals surface area contributed by atoms with E-state index in [2.05, 4.69) is 5.32 Å². The van der Waals surface area contributed by atoms with E-state index in [1.54, 1.807) is 38.1 Å². The summed E-state index contributed by atoms with van der Waals surface area (Å²) in [6, 6.07) is 6.20. The molecule has 0 spiro atoms. The zero-order valence-corrected chi connectivity index (χ0v) is 17.6. The van der Waals surface area contributed by atoms with Crippen LogP contribution in [0.5, 0.6) is 0 Å². The van der Waals surface area contributed by atoms with E-state index in [9.17, 15) is 14.7 Å². The molecule has 0 aliphatic heterocycles. The van der Waals surface area contributed by atoms with Gasteiger partial charge in [-0.2, -0.15) is 5.90 Å². The Hall–Kier alpha value is -2.13. The van der Waals surface area contributed by atoms with Gasteiger partial charge >= 0.3 is 0 Å². The minimum Gasteiger partial charge on any atom is -0.416 e. The van der Waals surface area contributed by atoms with Gasteiger partial charge in [0.2, 0.25) is 11.8 Å². The van der Waals surface area contributed by atoms with Crippen LogP contribution in [0.1, 0.15) is 38.7 Å². The second kappa shape index (κ2) is 13.2. The highest BCUT2D eigenvalue weighted by atomic mass is 35.5. The van der Waals surface area contributed by atoms with Crippen molar-refractivity contribution in [1.29, 1.82) is 0 Å². The maximum Gasteiger partial charge on any atom is 0.243 e. The average Bonchev–Trinajstić information content (AvgIpc) is 2.69. The summed E-state index contributed by atoms with van der Waals surface area (Å²) < 4.78 is 0. The molecule has 0 aromatic heterocycles. The van der Waals surface area contributed by atoms with Crippen LogP contribution in [0.2, 0.25) is 5.02 Å². The van der Waals surface area contributed by atoms with Crippen LogP contribution in [0.25, 0.3) is 0 Å². The number of benzene rings is 1. The van der Waals surface area contributed by atoms with Crippen LogP contribution in [-0.2, 0) is 21.0 Å². The molecule has 1 aromatic carbocycles. The third-order valence-corrected chi connectivity index (χ3v) is 4.51. The Morgan fingerprint density at radius 3 is 2.52 bits per heavy atom. The number of hydrogen-bond donors (Lipinski definition) is 4. The zero-order valence-electron chi connectivity index (χ0n) is 16.8. The summed E-state index contributed by atoms with van der Waals surface area (Å²) in [5.41, 5.74) is 0.860. The van der Waals surface area contributed by atoms with Crippen molar-refractivity contribution in [3.8, 4) is 0 Å². The van der Waals surface area contributed by atoms with Gasteiger partial charge in [0.05, 0.1) is 12.5 Å². The van der Waals surface area contributed by atoms with Gasteiger partial charge in [0.1, 0.15) is 11.8 Å². The predicted octanol–water partition coefficient (Wildman–Crippen LogP) is 1.49. The lowest BCUT2D eigenvalue weighted by Crippen LogP contribution is -2.50. The first-order valence-electron chi connectivity index (χ1n) is 9.48. The minimum absolute atomic E-state index is 0.0885. The molecule has 0 saturated carbocycles. The topological polar surface area (TPSA) is 125 Å². The number of hydrogen-bond acceptors (Lipinski definition) is 6. The molecule has 5 N–H and O–H groups in total. The maximum atomic E-state index is 12.8. The third kappa shape index (κ3) is 8.82. The van der Waals surface area contributed by atoms with Gasteiger partial charge in [-0.15, -0.1) is 0 Å². The molecule has 9 heteroatoms. The van der Waals surface area contributed by atoms with E-state index in [-0.39, 0.29) is 50.1 Å². The number of rotatable bonds is 12. The monoisotopic (exact) mass is 427 g/mol. The fraction of sp³-hybridized carbons (Fsp3) is 0.500. The Morgan fingerprint density at radius 2 is 2.00 bits per heavy atom. The Balaban J connectivity index is 2.89. The Morgan fingerprint density at radius 1 is 1.34 bits per heavy atom. The van der Waals surface area contributed by atoms with E-state index in [0.29, 0.717) is 11.4 Å². The number of amides is 2. The van der Waals surface area contributed by atoms with Gasteiger partial charge < -0.3 is 25.3 Å². The fourth-order valence-electron chi connectivity index (χ4n) is 2.82. The summed E-state index contributed by atoms with van der Waals surface area (Å²) in [5, 5.41) is 22.1. The van der Waals surface area contributed by atoms with Crippen molar-refractivity contribution < 1.29 is 24.6 Å². The number of carbonyl (C=O) groups excluding carboxylic acids is 2. The number of aliphatic hydroxyl groups is 2. The highest BCUT2D eigenvalue weighted by Gasteiger charge is 2.30. The number of nitrogens with one attached hydrogen (secondary N) is 1. The number of nitrogens with two attached hydrogens (primary N) is 1. The van der Waals surface area contributed by atoms with Crippen molar-refractivity contribution in [3.05, 3.63) is 46.7 Å². The molecule has 0 bridgehead atoms. The molecule has 2 amide bonds. The standard InChI is InChI=1S/C20H30ClN3O5/c1-3-24(19(27)12-17(29-22)5-4-10-25)18(11-14(2)26)20(28)23-13-15-6-8-16(21)9-7-15/h5-9,14,18,25-26H,3-4,10-13,22H2,1-2H3,(H,23,28)/b17-5-/t14-,18?/m0/s1. The van der Waals surface area contributed by atoms with Crippen LogP contribution in [-0.4, -0.2) is 52.2 Å². The van der Waals surface area contributed by atoms with Crippen LogP contribution >= 0.6 is 11.6 Å². The van der Waals surface area contributed by atoms with E-state index in [4.69, 9.17) is 27.4 Å². The highest BCUT2D eigenvalue weighted by Crippen LogP contribution is 2.14. The van der Waals surface area contributed by atoms with E-state index in [1.807, 2.05) is 0 Å². The average molecular weight is 428 g/mol. The molecule has 0 radical (unpaired) electrons. The number of halogens is 1. The van der Waals surface area contributed by atoms with Crippen molar-refractivity contribution in [1.82, 2.24) is 10.2 Å². The van der Waals surface area contributed by atoms with Gasteiger partial charge in [-0.25, -0.2) is 0 Å². The molecule has 2 atom stereocenters. The molecule has 1 aromatic rings. The SMILES string of the molecule is CCN(C(=O)C/C(=C/CCO)ON)C(C[C@H](C)O)C(=O)NCc1ccc(Cl)cc1.